The summed E-state index contributed by atoms with van der Waals surface area (Å²) >= 11 is 0. The second kappa shape index (κ2) is 7.00. The van der Waals surface area contributed by atoms with Crippen molar-refractivity contribution in [2.24, 2.45) is 11.8 Å². The average molecular weight is 240 g/mol. The van der Waals surface area contributed by atoms with Gasteiger partial charge in [0.05, 0.1) is 0 Å². The van der Waals surface area contributed by atoms with E-state index < -0.39 is 0 Å². The van der Waals surface area contributed by atoms with E-state index in [1.54, 1.807) is 0 Å². The van der Waals surface area contributed by atoms with E-state index in [0.717, 1.165) is 38.9 Å². The molecular formula is C14H28N2O. The van der Waals surface area contributed by atoms with Crippen LogP contribution < -0.4 is 5.32 Å². The van der Waals surface area contributed by atoms with E-state index in [0.29, 0.717) is 23.8 Å². The lowest BCUT2D eigenvalue weighted by Crippen LogP contribution is -2.48. The molecule has 1 aliphatic heterocycles. The predicted molar refractivity (Wildman–Crippen MR) is 71.9 cm³/mol. The van der Waals surface area contributed by atoms with Gasteiger partial charge in [0.2, 0.25) is 5.91 Å². The highest BCUT2D eigenvalue weighted by Crippen LogP contribution is 2.17. The summed E-state index contributed by atoms with van der Waals surface area (Å²) in [5.74, 6) is 1.49. The Morgan fingerprint density at radius 3 is 2.24 bits per heavy atom. The van der Waals surface area contributed by atoms with Crippen molar-refractivity contribution in [2.75, 3.05) is 19.6 Å². The van der Waals surface area contributed by atoms with Gasteiger partial charge in [-0.3, -0.25) is 4.79 Å². The first-order valence-corrected chi connectivity index (χ1v) is 7.08. The molecule has 1 aliphatic rings. The van der Waals surface area contributed by atoms with Gasteiger partial charge in [0.25, 0.3) is 0 Å². The Hall–Kier alpha value is -0.570. The number of amides is 1. The number of nitrogens with zero attached hydrogens (tertiary/aromatic N) is 1. The third-order valence-electron chi connectivity index (χ3n) is 3.59. The van der Waals surface area contributed by atoms with E-state index >= 15 is 0 Å². The lowest BCUT2D eigenvalue weighted by molar-refractivity contribution is -0.135. The van der Waals surface area contributed by atoms with Gasteiger partial charge >= 0.3 is 0 Å². The van der Waals surface area contributed by atoms with E-state index in [2.05, 4.69) is 37.9 Å². The van der Waals surface area contributed by atoms with Gasteiger partial charge in [-0.2, -0.15) is 0 Å². The molecule has 1 rings (SSSR count). The van der Waals surface area contributed by atoms with Gasteiger partial charge in [0, 0.05) is 19.0 Å². The summed E-state index contributed by atoms with van der Waals surface area (Å²) in [6.45, 7) is 11.7. The first-order chi connectivity index (χ1) is 8.08. The zero-order chi connectivity index (χ0) is 12.8. The molecule has 0 saturated carbocycles. The van der Waals surface area contributed by atoms with Crippen LogP contribution >= 0.6 is 0 Å². The maximum absolute atomic E-state index is 12.3. The largest absolute Gasteiger partial charge is 0.339 e. The van der Waals surface area contributed by atoms with E-state index in [9.17, 15) is 4.79 Å². The summed E-state index contributed by atoms with van der Waals surface area (Å²) in [5.41, 5.74) is 0. The van der Waals surface area contributed by atoms with Crippen molar-refractivity contribution in [2.45, 2.75) is 53.0 Å². The maximum atomic E-state index is 12.3. The molecule has 0 atom stereocenters. The smallest absolute Gasteiger partial charge is 0.223 e. The molecule has 1 amide bonds. The van der Waals surface area contributed by atoms with Crippen molar-refractivity contribution in [3.05, 3.63) is 0 Å². The highest BCUT2D eigenvalue weighted by Gasteiger charge is 2.26. The van der Waals surface area contributed by atoms with Crippen LogP contribution in [0.2, 0.25) is 0 Å². The molecule has 3 nitrogen and oxygen atoms in total. The summed E-state index contributed by atoms with van der Waals surface area (Å²) in [6, 6.07) is 0.429. The van der Waals surface area contributed by atoms with Crippen LogP contribution in [0.25, 0.3) is 0 Å². The summed E-state index contributed by atoms with van der Waals surface area (Å²) in [7, 11) is 0. The molecule has 0 aliphatic carbocycles. The molecule has 0 aromatic rings. The van der Waals surface area contributed by atoms with Crippen molar-refractivity contribution in [3.63, 3.8) is 0 Å². The van der Waals surface area contributed by atoms with Gasteiger partial charge in [-0.25, -0.2) is 0 Å². The van der Waals surface area contributed by atoms with Gasteiger partial charge in [0.15, 0.2) is 0 Å². The van der Waals surface area contributed by atoms with Gasteiger partial charge in [-0.1, -0.05) is 27.7 Å². The molecule has 0 bridgehead atoms. The predicted octanol–water partition coefficient (Wildman–Crippen LogP) is 2.27. The Balaban J connectivity index is 2.55. The third-order valence-corrected chi connectivity index (χ3v) is 3.59. The second-order valence-electron chi connectivity index (χ2n) is 5.64. The molecule has 0 spiro atoms. The summed E-state index contributed by atoms with van der Waals surface area (Å²) in [5, 5.41) is 3.23. The highest BCUT2D eigenvalue weighted by molar-refractivity contribution is 5.77. The highest BCUT2D eigenvalue weighted by atomic mass is 16.2. The van der Waals surface area contributed by atoms with Crippen LogP contribution in [-0.4, -0.2) is 36.5 Å². The van der Waals surface area contributed by atoms with E-state index in [1.807, 2.05) is 0 Å². The van der Waals surface area contributed by atoms with Crippen molar-refractivity contribution < 1.29 is 4.79 Å². The van der Waals surface area contributed by atoms with Crippen molar-refractivity contribution in [1.29, 1.82) is 0 Å². The molecule has 0 unspecified atom stereocenters. The monoisotopic (exact) mass is 240 g/mol. The minimum atomic E-state index is 0.360. The summed E-state index contributed by atoms with van der Waals surface area (Å²) < 4.78 is 0. The van der Waals surface area contributed by atoms with Gasteiger partial charge in [-0.15, -0.1) is 0 Å². The molecule has 17 heavy (non-hydrogen) atoms. The zero-order valence-corrected chi connectivity index (χ0v) is 11.8. The number of hydrogen-bond donors (Lipinski definition) is 1. The van der Waals surface area contributed by atoms with Crippen molar-refractivity contribution in [1.82, 2.24) is 10.2 Å². The lowest BCUT2D eigenvalue weighted by atomic mass is 9.97. The molecule has 1 saturated heterocycles. The first kappa shape index (κ1) is 14.5. The fraction of sp³-hybridized carbons (Fsp3) is 0.929. The minimum Gasteiger partial charge on any atom is -0.339 e. The fourth-order valence-electron chi connectivity index (χ4n) is 2.43. The number of hydrogen-bond acceptors (Lipinski definition) is 2. The SMILES string of the molecule is CCC(CC)N(CC(C)C)C(=O)CC1CNC1. The molecule has 0 aromatic carbocycles. The Kier molecular flexibility index (Phi) is 5.96. The average Bonchev–Trinajstić information content (AvgIpc) is 2.23. The summed E-state index contributed by atoms with van der Waals surface area (Å²) in [6.07, 6.45) is 2.87. The van der Waals surface area contributed by atoms with Gasteiger partial charge in [0.1, 0.15) is 0 Å². The maximum Gasteiger partial charge on any atom is 0.223 e. The Morgan fingerprint density at radius 2 is 1.88 bits per heavy atom. The molecule has 0 aromatic heterocycles. The van der Waals surface area contributed by atoms with Gasteiger partial charge < -0.3 is 10.2 Å². The molecule has 100 valence electrons. The van der Waals surface area contributed by atoms with Crippen LogP contribution in [-0.2, 0) is 4.79 Å². The van der Waals surface area contributed by atoms with Crippen LogP contribution in [0.1, 0.15) is 47.0 Å². The Bertz CT molecular complexity index is 232. The van der Waals surface area contributed by atoms with E-state index in [4.69, 9.17) is 0 Å². The molecule has 1 N–H and O–H groups in total. The fourth-order valence-corrected chi connectivity index (χ4v) is 2.43. The topological polar surface area (TPSA) is 32.3 Å². The molecule has 1 fully saturated rings. The quantitative estimate of drug-likeness (QED) is 0.740. The Morgan fingerprint density at radius 1 is 1.29 bits per heavy atom. The molecule has 1 heterocycles. The van der Waals surface area contributed by atoms with Crippen LogP contribution in [0.15, 0.2) is 0 Å². The first-order valence-electron chi connectivity index (χ1n) is 7.08. The normalized spacial score (nSPS) is 16.4. The van der Waals surface area contributed by atoms with Gasteiger partial charge in [-0.05, 0) is 37.8 Å². The number of nitrogens with one attached hydrogen (secondary N) is 1. The van der Waals surface area contributed by atoms with Crippen molar-refractivity contribution >= 4 is 5.91 Å². The number of rotatable bonds is 7. The van der Waals surface area contributed by atoms with Crippen LogP contribution in [0, 0.1) is 11.8 Å². The molecular weight excluding hydrogens is 212 g/mol. The zero-order valence-electron chi connectivity index (χ0n) is 11.8. The van der Waals surface area contributed by atoms with E-state index in [1.165, 1.54) is 0 Å². The minimum absolute atomic E-state index is 0.360. The molecule has 0 radical (unpaired) electrons. The van der Waals surface area contributed by atoms with Crippen LogP contribution in [0.3, 0.4) is 0 Å². The van der Waals surface area contributed by atoms with Crippen LogP contribution in [0.4, 0.5) is 0 Å². The second-order valence-corrected chi connectivity index (χ2v) is 5.64. The Labute approximate surface area is 106 Å². The molecule has 3 heteroatoms. The third kappa shape index (κ3) is 4.30. The lowest BCUT2D eigenvalue weighted by Gasteiger charge is -2.35. The van der Waals surface area contributed by atoms with Crippen LogP contribution in [0.5, 0.6) is 0 Å². The standard InChI is InChI=1S/C14H28N2O/c1-5-13(6-2)16(10-11(3)4)14(17)7-12-8-15-9-12/h11-13,15H,5-10H2,1-4H3. The number of carbonyl (C=O) groups is 1. The van der Waals surface area contributed by atoms with Crippen molar-refractivity contribution in [3.8, 4) is 0 Å². The summed E-state index contributed by atoms with van der Waals surface area (Å²) in [4.78, 5) is 14.5. The number of carbonyl (C=O) groups excluding carboxylic acids is 1. The van der Waals surface area contributed by atoms with E-state index in [-0.39, 0.29) is 0 Å².